The number of carboxylic acids is 1. The zero-order chi connectivity index (χ0) is 14.8. The largest absolute Gasteiger partial charge is 0.480 e. The molecule has 5 heteroatoms. The van der Waals surface area contributed by atoms with Crippen molar-refractivity contribution in [3.8, 4) is 0 Å². The van der Waals surface area contributed by atoms with Gasteiger partial charge >= 0.3 is 5.97 Å². The average Bonchev–Trinajstić information content (AvgIpc) is 2.26. The number of aliphatic carboxylic acids is 1. The smallest absolute Gasteiger partial charge is 0.329 e. The van der Waals surface area contributed by atoms with Gasteiger partial charge in [-0.3, -0.25) is 4.79 Å². The minimum Gasteiger partial charge on any atom is -0.480 e. The van der Waals surface area contributed by atoms with Crippen LogP contribution in [0.4, 0.5) is 0 Å². The van der Waals surface area contributed by atoms with Crippen molar-refractivity contribution < 1.29 is 14.7 Å². The van der Waals surface area contributed by atoms with Gasteiger partial charge in [-0.1, -0.05) is 40.5 Å². The molecule has 1 saturated carbocycles. The fraction of sp³-hybridized carbons (Fsp3) is 0.857. The Morgan fingerprint density at radius 3 is 2.42 bits per heavy atom. The summed E-state index contributed by atoms with van der Waals surface area (Å²) in [6.07, 6.45) is 2.79. The number of hydrogen-bond acceptors (Lipinski definition) is 3. The fourth-order valence-corrected chi connectivity index (χ4v) is 2.62. The summed E-state index contributed by atoms with van der Waals surface area (Å²) < 4.78 is 0. The van der Waals surface area contributed by atoms with Crippen LogP contribution in [-0.2, 0) is 9.59 Å². The highest BCUT2D eigenvalue weighted by molar-refractivity contribution is 5.90. The SMILES string of the molecule is CC1CCCC(NC(=O)[C@@H](N)C(C)(C)C)(C(=O)O)C1. The third-order valence-electron chi connectivity index (χ3n) is 3.98. The number of hydrogen-bond donors (Lipinski definition) is 3. The molecule has 5 nitrogen and oxygen atoms in total. The highest BCUT2D eigenvalue weighted by Gasteiger charge is 2.44. The predicted molar refractivity (Wildman–Crippen MR) is 73.6 cm³/mol. The molecule has 2 unspecified atom stereocenters. The van der Waals surface area contributed by atoms with E-state index < -0.39 is 17.6 Å². The Bertz CT molecular complexity index is 362. The Labute approximate surface area is 114 Å². The number of nitrogens with one attached hydrogen (secondary N) is 1. The van der Waals surface area contributed by atoms with Crippen LogP contribution in [0.15, 0.2) is 0 Å². The third-order valence-corrected chi connectivity index (χ3v) is 3.98. The van der Waals surface area contributed by atoms with Gasteiger partial charge in [-0.15, -0.1) is 0 Å². The van der Waals surface area contributed by atoms with E-state index in [0.717, 1.165) is 12.8 Å². The monoisotopic (exact) mass is 270 g/mol. The van der Waals surface area contributed by atoms with Gasteiger partial charge in [0, 0.05) is 0 Å². The summed E-state index contributed by atoms with van der Waals surface area (Å²) in [7, 11) is 0. The second kappa shape index (κ2) is 5.49. The molecule has 0 aromatic rings. The quantitative estimate of drug-likeness (QED) is 0.724. The van der Waals surface area contributed by atoms with Crippen LogP contribution in [0.5, 0.6) is 0 Å². The number of rotatable bonds is 3. The molecule has 0 saturated heterocycles. The lowest BCUT2D eigenvalue weighted by atomic mass is 9.75. The van der Waals surface area contributed by atoms with Crippen LogP contribution in [0, 0.1) is 11.3 Å². The molecule has 4 N–H and O–H groups in total. The van der Waals surface area contributed by atoms with E-state index in [2.05, 4.69) is 5.32 Å². The van der Waals surface area contributed by atoms with Crippen molar-refractivity contribution in [1.29, 1.82) is 0 Å². The van der Waals surface area contributed by atoms with E-state index in [9.17, 15) is 14.7 Å². The van der Waals surface area contributed by atoms with Crippen molar-refractivity contribution >= 4 is 11.9 Å². The Hall–Kier alpha value is -1.10. The van der Waals surface area contributed by atoms with Crippen molar-refractivity contribution in [2.45, 2.75) is 65.0 Å². The minimum absolute atomic E-state index is 0.302. The molecule has 1 aliphatic carbocycles. The van der Waals surface area contributed by atoms with Crippen LogP contribution in [0.1, 0.15) is 53.4 Å². The van der Waals surface area contributed by atoms with Gasteiger partial charge in [-0.25, -0.2) is 4.79 Å². The molecule has 0 heterocycles. The topological polar surface area (TPSA) is 92.4 Å². The van der Waals surface area contributed by atoms with E-state index in [0.29, 0.717) is 18.8 Å². The summed E-state index contributed by atoms with van der Waals surface area (Å²) in [5, 5.41) is 12.2. The molecule has 0 spiro atoms. The van der Waals surface area contributed by atoms with Crippen molar-refractivity contribution in [2.75, 3.05) is 0 Å². The van der Waals surface area contributed by atoms with Gasteiger partial charge in [-0.05, 0) is 24.2 Å². The number of carbonyl (C=O) groups is 2. The first-order valence-corrected chi connectivity index (χ1v) is 6.89. The first-order valence-electron chi connectivity index (χ1n) is 6.89. The summed E-state index contributed by atoms with van der Waals surface area (Å²) in [6.45, 7) is 7.63. The van der Waals surface area contributed by atoms with Crippen molar-refractivity contribution in [3.63, 3.8) is 0 Å². The van der Waals surface area contributed by atoms with Gasteiger partial charge in [0.15, 0.2) is 0 Å². The van der Waals surface area contributed by atoms with Crippen molar-refractivity contribution in [1.82, 2.24) is 5.32 Å². The van der Waals surface area contributed by atoms with E-state index in [1.54, 1.807) is 0 Å². The fourth-order valence-electron chi connectivity index (χ4n) is 2.62. The minimum atomic E-state index is -1.14. The molecule has 0 radical (unpaired) electrons. The maximum absolute atomic E-state index is 12.2. The van der Waals surface area contributed by atoms with Crippen molar-refractivity contribution in [3.05, 3.63) is 0 Å². The molecular formula is C14H26N2O3. The maximum Gasteiger partial charge on any atom is 0.329 e. The zero-order valence-electron chi connectivity index (χ0n) is 12.3. The summed E-state index contributed by atoms with van der Waals surface area (Å²) in [5.41, 5.74) is 4.37. The van der Waals surface area contributed by atoms with E-state index in [1.807, 2.05) is 27.7 Å². The normalized spacial score (nSPS) is 29.6. The molecule has 0 aromatic heterocycles. The molecule has 1 rings (SSSR count). The summed E-state index contributed by atoms with van der Waals surface area (Å²) in [5.74, 6) is -1.02. The second-order valence-corrected chi connectivity index (χ2v) is 6.92. The first-order chi connectivity index (χ1) is 8.58. The van der Waals surface area contributed by atoms with Gasteiger partial charge in [0.1, 0.15) is 5.54 Å². The molecule has 3 atom stereocenters. The van der Waals surface area contributed by atoms with Crippen LogP contribution >= 0.6 is 0 Å². The Morgan fingerprint density at radius 1 is 1.42 bits per heavy atom. The van der Waals surface area contributed by atoms with Gasteiger partial charge < -0.3 is 16.2 Å². The molecule has 1 fully saturated rings. The van der Waals surface area contributed by atoms with Gasteiger partial charge in [0.05, 0.1) is 6.04 Å². The molecule has 0 aliphatic heterocycles. The lowest BCUT2D eigenvalue weighted by Crippen LogP contribution is -2.61. The first kappa shape index (κ1) is 16.0. The number of nitrogens with two attached hydrogens (primary N) is 1. The highest BCUT2D eigenvalue weighted by atomic mass is 16.4. The molecule has 0 aromatic carbocycles. The van der Waals surface area contributed by atoms with Gasteiger partial charge in [-0.2, -0.15) is 0 Å². The number of carboxylic acid groups (broad SMARTS) is 1. The Balaban J connectivity index is 2.85. The van der Waals surface area contributed by atoms with E-state index in [-0.39, 0.29) is 11.3 Å². The number of amides is 1. The lowest BCUT2D eigenvalue weighted by Gasteiger charge is -2.39. The van der Waals surface area contributed by atoms with Crippen LogP contribution in [-0.4, -0.2) is 28.6 Å². The zero-order valence-corrected chi connectivity index (χ0v) is 12.3. The lowest BCUT2D eigenvalue weighted by molar-refractivity contribution is -0.150. The van der Waals surface area contributed by atoms with Crippen LogP contribution in [0.3, 0.4) is 0 Å². The van der Waals surface area contributed by atoms with Crippen LogP contribution < -0.4 is 11.1 Å². The summed E-state index contributed by atoms with van der Waals surface area (Å²) in [6, 6.07) is -0.707. The standard InChI is InChI=1S/C14H26N2O3/c1-9-6-5-7-14(8-9,12(18)19)16-11(17)10(15)13(2,3)4/h9-10H,5-8,15H2,1-4H3,(H,16,17)(H,18,19)/t9?,10-,14?/m1/s1. The summed E-state index contributed by atoms with van der Waals surface area (Å²) >= 11 is 0. The third kappa shape index (κ3) is 3.69. The predicted octanol–water partition coefficient (Wildman–Crippen LogP) is 1.51. The molecular weight excluding hydrogens is 244 g/mol. The molecule has 1 amide bonds. The van der Waals surface area contributed by atoms with E-state index >= 15 is 0 Å². The van der Waals surface area contributed by atoms with E-state index in [1.165, 1.54) is 0 Å². The van der Waals surface area contributed by atoms with Crippen LogP contribution in [0.25, 0.3) is 0 Å². The number of carbonyl (C=O) groups excluding carboxylic acids is 1. The molecule has 0 bridgehead atoms. The molecule has 19 heavy (non-hydrogen) atoms. The molecule has 110 valence electrons. The van der Waals surface area contributed by atoms with Crippen LogP contribution in [0.2, 0.25) is 0 Å². The Morgan fingerprint density at radius 2 is 2.00 bits per heavy atom. The maximum atomic E-state index is 12.2. The van der Waals surface area contributed by atoms with E-state index in [4.69, 9.17) is 5.73 Å². The Kier molecular flexibility index (Phi) is 4.61. The van der Waals surface area contributed by atoms with Crippen molar-refractivity contribution in [2.24, 2.45) is 17.1 Å². The van der Waals surface area contributed by atoms with Gasteiger partial charge in [0.2, 0.25) is 5.91 Å². The highest BCUT2D eigenvalue weighted by Crippen LogP contribution is 2.33. The average molecular weight is 270 g/mol. The second-order valence-electron chi connectivity index (χ2n) is 6.92. The van der Waals surface area contributed by atoms with Gasteiger partial charge in [0.25, 0.3) is 0 Å². The molecule has 1 aliphatic rings. The summed E-state index contributed by atoms with van der Waals surface area (Å²) in [4.78, 5) is 23.7.